The Balaban J connectivity index is 2.99. The van der Waals surface area contributed by atoms with Crippen molar-refractivity contribution in [2.75, 3.05) is 13.7 Å². The molecule has 2 atom stereocenters. The van der Waals surface area contributed by atoms with E-state index in [1.165, 1.54) is 13.5 Å². The van der Waals surface area contributed by atoms with Gasteiger partial charge in [-0.05, 0) is 24.7 Å². The molecule has 1 fully saturated rings. The number of hydrogen-bond donors (Lipinski definition) is 1. The normalized spacial score (nSPS) is 28.8. The van der Waals surface area contributed by atoms with Crippen molar-refractivity contribution in [1.29, 1.82) is 0 Å². The topological polar surface area (TPSA) is 38.3 Å². The van der Waals surface area contributed by atoms with E-state index >= 15 is 0 Å². The van der Waals surface area contributed by atoms with Crippen LogP contribution in [0.5, 0.6) is 0 Å². The molecule has 0 aromatic heterocycles. The summed E-state index contributed by atoms with van der Waals surface area (Å²) in [4.78, 5) is 12.2. The van der Waals surface area contributed by atoms with E-state index in [9.17, 15) is 4.79 Å². The van der Waals surface area contributed by atoms with Crippen LogP contribution in [0.15, 0.2) is 0 Å². The summed E-state index contributed by atoms with van der Waals surface area (Å²) in [6.07, 6.45) is 9.42. The lowest BCUT2D eigenvalue weighted by Crippen LogP contribution is -2.60. The van der Waals surface area contributed by atoms with E-state index in [0.717, 1.165) is 19.3 Å². The fraction of sp³-hybridized carbons (Fsp3) is 0.786. The van der Waals surface area contributed by atoms with Gasteiger partial charge in [-0.3, -0.25) is 10.1 Å². The molecular formula is C14H23NO2. The van der Waals surface area contributed by atoms with Gasteiger partial charge in [-0.1, -0.05) is 32.6 Å². The van der Waals surface area contributed by atoms with Crippen LogP contribution in [0.2, 0.25) is 0 Å². The molecule has 2 unspecified atom stereocenters. The van der Waals surface area contributed by atoms with Gasteiger partial charge >= 0.3 is 5.97 Å². The minimum absolute atomic E-state index is 0.161. The van der Waals surface area contributed by atoms with Crippen molar-refractivity contribution >= 4 is 5.97 Å². The van der Waals surface area contributed by atoms with Crippen molar-refractivity contribution in [1.82, 2.24) is 5.32 Å². The minimum Gasteiger partial charge on any atom is -0.468 e. The van der Waals surface area contributed by atoms with E-state index in [1.807, 2.05) is 0 Å². The van der Waals surface area contributed by atoms with Crippen molar-refractivity contribution in [3.63, 3.8) is 0 Å². The van der Waals surface area contributed by atoms with E-state index in [1.54, 1.807) is 0 Å². The smallest absolute Gasteiger partial charge is 0.326 e. The van der Waals surface area contributed by atoms with Gasteiger partial charge < -0.3 is 4.74 Å². The van der Waals surface area contributed by atoms with Crippen LogP contribution < -0.4 is 5.32 Å². The Kier molecular flexibility index (Phi) is 5.02. The molecule has 0 spiro atoms. The molecule has 1 rings (SSSR count). The Hall–Kier alpha value is -1.01. The second-order valence-electron chi connectivity index (χ2n) is 5.12. The van der Waals surface area contributed by atoms with Crippen LogP contribution in [0, 0.1) is 24.2 Å². The lowest BCUT2D eigenvalue weighted by molar-refractivity contribution is -0.154. The maximum absolute atomic E-state index is 12.2. The molecule has 0 saturated heterocycles. The molecule has 0 aliphatic heterocycles. The second-order valence-corrected chi connectivity index (χ2v) is 5.12. The number of methoxy groups -OCH3 is 1. The van der Waals surface area contributed by atoms with Gasteiger partial charge in [0.1, 0.15) is 5.54 Å². The highest BCUT2D eigenvalue weighted by molar-refractivity contribution is 5.81. The number of terminal acetylenes is 1. The van der Waals surface area contributed by atoms with E-state index < -0.39 is 5.54 Å². The maximum atomic E-state index is 12.2. The van der Waals surface area contributed by atoms with Gasteiger partial charge in [0.25, 0.3) is 0 Å². The Labute approximate surface area is 104 Å². The first-order valence-electron chi connectivity index (χ1n) is 6.35. The van der Waals surface area contributed by atoms with Crippen LogP contribution >= 0.6 is 0 Å². The van der Waals surface area contributed by atoms with Gasteiger partial charge in [-0.2, -0.15) is 0 Å². The highest BCUT2D eigenvalue weighted by Gasteiger charge is 2.48. The number of carbonyl (C=O) groups excluding carboxylic acids is 1. The Morgan fingerprint density at radius 2 is 2.29 bits per heavy atom. The molecule has 0 aromatic carbocycles. The third-order valence-electron chi connectivity index (χ3n) is 3.83. The number of carbonyl (C=O) groups is 1. The van der Waals surface area contributed by atoms with Crippen LogP contribution in [-0.2, 0) is 9.53 Å². The summed E-state index contributed by atoms with van der Waals surface area (Å²) in [5.41, 5.74) is -0.576. The van der Waals surface area contributed by atoms with Crippen LogP contribution in [0.4, 0.5) is 0 Å². The zero-order chi connectivity index (χ0) is 12.9. The molecule has 17 heavy (non-hydrogen) atoms. The summed E-state index contributed by atoms with van der Waals surface area (Å²) < 4.78 is 5.00. The average Bonchev–Trinajstić information content (AvgIpc) is 2.35. The monoisotopic (exact) mass is 237 g/mol. The maximum Gasteiger partial charge on any atom is 0.326 e. The first kappa shape index (κ1) is 14.1. The molecule has 0 bridgehead atoms. The quantitative estimate of drug-likeness (QED) is 0.600. The van der Waals surface area contributed by atoms with Gasteiger partial charge in [0.2, 0.25) is 0 Å². The summed E-state index contributed by atoms with van der Waals surface area (Å²) in [5.74, 6) is 3.15. The molecule has 0 amide bonds. The molecule has 1 aliphatic carbocycles. The molecule has 3 nitrogen and oxygen atoms in total. The van der Waals surface area contributed by atoms with Crippen LogP contribution in [0.25, 0.3) is 0 Å². The predicted molar refractivity (Wildman–Crippen MR) is 68.4 cm³/mol. The second kappa shape index (κ2) is 6.07. The number of rotatable bonds is 4. The fourth-order valence-corrected chi connectivity index (χ4v) is 3.04. The summed E-state index contributed by atoms with van der Waals surface area (Å²) in [6.45, 7) is 4.73. The largest absolute Gasteiger partial charge is 0.468 e. The number of esters is 1. The third kappa shape index (κ3) is 2.81. The minimum atomic E-state index is -0.576. The van der Waals surface area contributed by atoms with Gasteiger partial charge in [0.15, 0.2) is 0 Å². The van der Waals surface area contributed by atoms with Crippen molar-refractivity contribution in [2.45, 2.75) is 45.1 Å². The fourth-order valence-electron chi connectivity index (χ4n) is 3.04. The van der Waals surface area contributed by atoms with Gasteiger partial charge in [-0.25, -0.2) is 0 Å². The average molecular weight is 237 g/mol. The SMILES string of the molecule is C#CCNC1(C(=O)OC)CCCCC1C(C)C. The summed E-state index contributed by atoms with van der Waals surface area (Å²) in [5, 5.41) is 3.26. The van der Waals surface area contributed by atoms with Crippen molar-refractivity contribution in [3.05, 3.63) is 0 Å². The van der Waals surface area contributed by atoms with Crippen molar-refractivity contribution in [2.24, 2.45) is 11.8 Å². The molecule has 1 saturated carbocycles. The number of hydrogen-bond acceptors (Lipinski definition) is 3. The molecular weight excluding hydrogens is 214 g/mol. The Morgan fingerprint density at radius 1 is 1.59 bits per heavy atom. The summed E-state index contributed by atoms with van der Waals surface area (Å²) >= 11 is 0. The van der Waals surface area contributed by atoms with Crippen LogP contribution in [0.3, 0.4) is 0 Å². The van der Waals surface area contributed by atoms with E-state index in [2.05, 4.69) is 25.1 Å². The Bertz CT molecular complexity index is 306. The molecule has 1 aliphatic rings. The third-order valence-corrected chi connectivity index (χ3v) is 3.83. The van der Waals surface area contributed by atoms with Crippen LogP contribution in [-0.4, -0.2) is 25.2 Å². The standard InChI is InChI=1S/C14H23NO2/c1-5-10-15-14(13(16)17-4)9-7-6-8-12(14)11(2)3/h1,11-12,15H,6-10H2,2-4H3. The molecule has 1 N–H and O–H groups in total. The molecule has 3 heteroatoms. The summed E-state index contributed by atoms with van der Waals surface area (Å²) in [6, 6.07) is 0. The van der Waals surface area contributed by atoms with Gasteiger partial charge in [-0.15, -0.1) is 6.42 Å². The first-order chi connectivity index (χ1) is 8.08. The Morgan fingerprint density at radius 3 is 2.82 bits per heavy atom. The van der Waals surface area contributed by atoms with E-state index in [-0.39, 0.29) is 5.97 Å². The van der Waals surface area contributed by atoms with Crippen LogP contribution in [0.1, 0.15) is 39.5 Å². The molecule has 0 aromatic rings. The lowest BCUT2D eigenvalue weighted by atomic mass is 9.67. The highest BCUT2D eigenvalue weighted by Crippen LogP contribution is 2.39. The molecule has 0 radical (unpaired) electrons. The number of ether oxygens (including phenoxy) is 1. The predicted octanol–water partition coefficient (Wildman–Crippen LogP) is 1.97. The van der Waals surface area contributed by atoms with Crippen molar-refractivity contribution in [3.8, 4) is 12.3 Å². The zero-order valence-corrected chi connectivity index (χ0v) is 11.1. The van der Waals surface area contributed by atoms with E-state index in [4.69, 9.17) is 11.2 Å². The van der Waals surface area contributed by atoms with Gasteiger partial charge in [0.05, 0.1) is 13.7 Å². The highest BCUT2D eigenvalue weighted by atomic mass is 16.5. The summed E-state index contributed by atoms with van der Waals surface area (Å²) in [7, 11) is 1.45. The molecule has 0 heterocycles. The van der Waals surface area contributed by atoms with Crippen molar-refractivity contribution < 1.29 is 9.53 Å². The first-order valence-corrected chi connectivity index (χ1v) is 6.35. The molecule has 96 valence electrons. The van der Waals surface area contributed by atoms with E-state index in [0.29, 0.717) is 18.4 Å². The number of nitrogens with one attached hydrogen (secondary N) is 1. The lowest BCUT2D eigenvalue weighted by Gasteiger charge is -2.44. The van der Waals surface area contributed by atoms with Gasteiger partial charge in [0, 0.05) is 0 Å². The zero-order valence-electron chi connectivity index (χ0n) is 11.1.